The highest BCUT2D eigenvalue weighted by Gasteiger charge is 2.38. The van der Waals surface area contributed by atoms with Gasteiger partial charge in [0, 0.05) is 17.6 Å². The number of para-hydroxylation sites is 1. The molecule has 31 heavy (non-hydrogen) atoms. The highest BCUT2D eigenvalue weighted by molar-refractivity contribution is 5.94. The molecular weight excluding hydrogens is 411 g/mol. The number of aromatic nitrogens is 1. The largest absolute Gasteiger partial charge is 0.497 e. The number of oxazole rings is 1. The summed E-state index contributed by atoms with van der Waals surface area (Å²) in [7, 11) is 1.56. The van der Waals surface area contributed by atoms with Gasteiger partial charge in [0.05, 0.1) is 12.8 Å². The summed E-state index contributed by atoms with van der Waals surface area (Å²) in [5, 5.41) is 6.34. The summed E-state index contributed by atoms with van der Waals surface area (Å²) in [6.07, 6.45) is -1.42. The van der Waals surface area contributed by atoms with Crippen LogP contribution in [0.1, 0.15) is 41.9 Å². The second kappa shape index (κ2) is 8.49. The topological polar surface area (TPSA) is 76.4 Å². The van der Waals surface area contributed by atoms with Gasteiger partial charge in [0.1, 0.15) is 11.3 Å². The minimum absolute atomic E-state index is 0.00782. The van der Waals surface area contributed by atoms with Crippen LogP contribution in [0.2, 0.25) is 0 Å². The average Bonchev–Trinajstić information content (AvgIpc) is 3.20. The Balaban J connectivity index is 1.43. The minimum Gasteiger partial charge on any atom is -0.497 e. The molecule has 4 rings (SSSR count). The zero-order valence-corrected chi connectivity index (χ0v) is 16.8. The number of nitrogens with zero attached hydrogens (tertiary/aromatic N) is 1. The number of nitrogens with one attached hydrogen (secondary N) is 2. The van der Waals surface area contributed by atoms with E-state index >= 15 is 0 Å². The quantitative estimate of drug-likeness (QED) is 0.592. The van der Waals surface area contributed by atoms with Gasteiger partial charge < -0.3 is 19.8 Å². The fraction of sp³-hybridized carbons (Fsp3) is 0.364. The highest BCUT2D eigenvalue weighted by Crippen LogP contribution is 2.34. The predicted molar refractivity (Wildman–Crippen MR) is 109 cm³/mol. The maximum absolute atomic E-state index is 12.9. The Morgan fingerprint density at radius 2 is 1.87 bits per heavy atom. The second-order valence-electron chi connectivity index (χ2n) is 7.58. The lowest BCUT2D eigenvalue weighted by atomic mass is 9.90. The van der Waals surface area contributed by atoms with Crippen LogP contribution in [-0.2, 0) is 6.18 Å². The van der Waals surface area contributed by atoms with E-state index in [1.54, 1.807) is 43.5 Å². The van der Waals surface area contributed by atoms with Gasteiger partial charge in [0.15, 0.2) is 5.58 Å². The van der Waals surface area contributed by atoms with Crippen LogP contribution >= 0.6 is 0 Å². The summed E-state index contributed by atoms with van der Waals surface area (Å²) in [5.41, 5.74) is 1.27. The number of ether oxygens (including phenoxy) is 1. The van der Waals surface area contributed by atoms with Crippen molar-refractivity contribution in [1.82, 2.24) is 10.3 Å². The van der Waals surface area contributed by atoms with E-state index in [0.717, 1.165) is 19.3 Å². The molecule has 0 radical (unpaired) electrons. The standard InChI is InChI=1S/C22H22F3N3O3/c1-30-16-10-8-13(9-11-16)20(29)27-15-5-2-4-14(12-15)26-17-6-3-7-18-19(17)28-21(31-18)22(23,24)25/h3,6-11,14-15,26H,2,4-5,12H2,1H3,(H,27,29)/t14-,15?/m0/s1. The number of hydrogen-bond acceptors (Lipinski definition) is 5. The molecule has 1 saturated carbocycles. The van der Waals surface area contributed by atoms with Gasteiger partial charge in [-0.25, -0.2) is 4.98 Å². The number of methoxy groups -OCH3 is 1. The molecule has 9 heteroatoms. The van der Waals surface area contributed by atoms with Crippen molar-refractivity contribution in [2.75, 3.05) is 12.4 Å². The SMILES string of the molecule is COc1ccc(C(=O)NC2CCC[C@H](Nc3cccc4oc(C(F)(F)F)nc34)C2)cc1. The molecule has 2 aromatic carbocycles. The maximum atomic E-state index is 12.9. The summed E-state index contributed by atoms with van der Waals surface area (Å²) in [5.74, 6) is -0.749. The Bertz CT molecular complexity index is 1060. The number of anilines is 1. The van der Waals surface area contributed by atoms with E-state index < -0.39 is 12.1 Å². The first kappa shape index (κ1) is 21.0. The zero-order chi connectivity index (χ0) is 22.0. The molecule has 2 N–H and O–H groups in total. The number of halogens is 3. The maximum Gasteiger partial charge on any atom is 0.468 e. The van der Waals surface area contributed by atoms with Gasteiger partial charge in [-0.3, -0.25) is 4.79 Å². The lowest BCUT2D eigenvalue weighted by Crippen LogP contribution is -2.41. The normalized spacial score (nSPS) is 19.2. The molecule has 1 aliphatic rings. The molecule has 1 aliphatic carbocycles. The van der Waals surface area contributed by atoms with Crippen LogP contribution in [0.3, 0.4) is 0 Å². The van der Waals surface area contributed by atoms with Gasteiger partial charge >= 0.3 is 12.1 Å². The van der Waals surface area contributed by atoms with Gasteiger partial charge in [0.2, 0.25) is 0 Å². The van der Waals surface area contributed by atoms with Crippen LogP contribution in [0, 0.1) is 0 Å². The first-order valence-electron chi connectivity index (χ1n) is 10.0. The molecule has 1 amide bonds. The smallest absolute Gasteiger partial charge is 0.468 e. The number of rotatable bonds is 5. The Morgan fingerprint density at radius 3 is 2.58 bits per heavy atom. The molecule has 1 unspecified atom stereocenters. The summed E-state index contributed by atoms with van der Waals surface area (Å²) in [6.45, 7) is 0. The van der Waals surface area contributed by atoms with Gasteiger partial charge in [-0.05, 0) is 62.1 Å². The number of alkyl halides is 3. The first-order valence-corrected chi connectivity index (χ1v) is 10.0. The molecule has 1 heterocycles. The third kappa shape index (κ3) is 4.76. The van der Waals surface area contributed by atoms with Crippen molar-refractivity contribution in [2.45, 2.75) is 43.9 Å². The van der Waals surface area contributed by atoms with Crippen LogP contribution in [0.5, 0.6) is 5.75 Å². The van der Waals surface area contributed by atoms with E-state index in [9.17, 15) is 18.0 Å². The summed E-state index contributed by atoms with van der Waals surface area (Å²) < 4.78 is 48.8. The highest BCUT2D eigenvalue weighted by atomic mass is 19.4. The van der Waals surface area contributed by atoms with Crippen molar-refractivity contribution < 1.29 is 27.1 Å². The Kier molecular flexibility index (Phi) is 5.75. The van der Waals surface area contributed by atoms with Crippen molar-refractivity contribution in [3.05, 3.63) is 53.9 Å². The van der Waals surface area contributed by atoms with Crippen molar-refractivity contribution >= 4 is 22.7 Å². The molecule has 0 spiro atoms. The summed E-state index contributed by atoms with van der Waals surface area (Å²) in [6, 6.07) is 11.6. The van der Waals surface area contributed by atoms with Crippen LogP contribution < -0.4 is 15.4 Å². The lowest BCUT2D eigenvalue weighted by Gasteiger charge is -2.31. The van der Waals surface area contributed by atoms with Crippen molar-refractivity contribution in [1.29, 1.82) is 0 Å². The van der Waals surface area contributed by atoms with Crippen molar-refractivity contribution in [2.24, 2.45) is 0 Å². The van der Waals surface area contributed by atoms with Crippen LogP contribution in [0.4, 0.5) is 18.9 Å². The van der Waals surface area contributed by atoms with Gasteiger partial charge in [-0.15, -0.1) is 0 Å². The molecule has 0 bridgehead atoms. The van der Waals surface area contributed by atoms with Gasteiger partial charge in [-0.1, -0.05) is 6.07 Å². The van der Waals surface area contributed by atoms with E-state index in [1.807, 2.05) is 0 Å². The molecule has 1 fully saturated rings. The Morgan fingerprint density at radius 1 is 1.13 bits per heavy atom. The van der Waals surface area contributed by atoms with E-state index in [2.05, 4.69) is 15.6 Å². The molecular formula is C22H22F3N3O3. The number of hydrogen-bond donors (Lipinski definition) is 2. The van der Waals surface area contributed by atoms with E-state index in [0.29, 0.717) is 23.4 Å². The fourth-order valence-electron chi connectivity index (χ4n) is 3.87. The molecule has 0 aliphatic heterocycles. The average molecular weight is 433 g/mol. The zero-order valence-electron chi connectivity index (χ0n) is 16.8. The third-order valence-corrected chi connectivity index (χ3v) is 5.38. The third-order valence-electron chi connectivity index (χ3n) is 5.38. The lowest BCUT2D eigenvalue weighted by molar-refractivity contribution is -0.156. The Labute approximate surface area is 176 Å². The van der Waals surface area contributed by atoms with Crippen LogP contribution in [0.15, 0.2) is 46.9 Å². The Hall–Kier alpha value is -3.23. The van der Waals surface area contributed by atoms with Crippen LogP contribution in [-0.4, -0.2) is 30.1 Å². The molecule has 0 saturated heterocycles. The van der Waals surface area contributed by atoms with Crippen LogP contribution in [0.25, 0.3) is 11.1 Å². The van der Waals surface area contributed by atoms with Crippen molar-refractivity contribution in [3.63, 3.8) is 0 Å². The predicted octanol–water partition coefficient (Wildman–Crippen LogP) is 5.01. The molecule has 1 aromatic heterocycles. The van der Waals surface area contributed by atoms with E-state index in [4.69, 9.17) is 9.15 Å². The molecule has 6 nitrogen and oxygen atoms in total. The molecule has 2 atom stereocenters. The number of benzene rings is 2. The fourth-order valence-corrected chi connectivity index (χ4v) is 3.87. The van der Waals surface area contributed by atoms with E-state index in [1.165, 1.54) is 6.07 Å². The van der Waals surface area contributed by atoms with Gasteiger partial charge in [0.25, 0.3) is 5.91 Å². The monoisotopic (exact) mass is 433 g/mol. The number of amides is 1. The first-order chi connectivity index (χ1) is 14.8. The number of carbonyl (C=O) groups excluding carboxylic acids is 1. The minimum atomic E-state index is -4.64. The van der Waals surface area contributed by atoms with E-state index in [-0.39, 0.29) is 29.1 Å². The second-order valence-corrected chi connectivity index (χ2v) is 7.58. The summed E-state index contributed by atoms with van der Waals surface area (Å²) in [4.78, 5) is 16.2. The number of fused-ring (bicyclic) bond motifs is 1. The van der Waals surface area contributed by atoms with Crippen molar-refractivity contribution in [3.8, 4) is 5.75 Å². The van der Waals surface area contributed by atoms with Gasteiger partial charge in [-0.2, -0.15) is 13.2 Å². The summed E-state index contributed by atoms with van der Waals surface area (Å²) >= 11 is 0. The number of carbonyl (C=O) groups is 1. The molecule has 3 aromatic rings. The molecule has 164 valence electrons.